The molecule has 0 saturated carbocycles. The molecule has 0 bridgehead atoms. The Morgan fingerprint density at radius 2 is 2.00 bits per heavy atom. The third-order valence-corrected chi connectivity index (χ3v) is 5.38. The van der Waals surface area contributed by atoms with Crippen molar-refractivity contribution in [2.75, 3.05) is 13.1 Å². The number of nitrogens with zero attached hydrogens (tertiary/aromatic N) is 5. The fourth-order valence-electron chi connectivity index (χ4n) is 3.84. The Bertz CT molecular complexity index is 1150. The quantitative estimate of drug-likeness (QED) is 0.518. The number of likely N-dealkylation sites (tertiary alicyclic amines) is 1. The molecule has 0 aliphatic carbocycles. The minimum Gasteiger partial charge on any atom is -0.440 e. The number of hydrogen-bond donors (Lipinski definition) is 0. The number of fused-ring (bicyclic) bond motifs is 1. The minimum atomic E-state index is -0.285. The van der Waals surface area contributed by atoms with Gasteiger partial charge >= 0.3 is 0 Å². The molecule has 152 valence electrons. The second kappa shape index (κ2) is 7.70. The summed E-state index contributed by atoms with van der Waals surface area (Å²) in [5, 5.41) is 8.10. The summed E-state index contributed by atoms with van der Waals surface area (Å²) in [4.78, 5) is 19.4. The topological polar surface area (TPSA) is 77.1 Å². The average Bonchev–Trinajstić information content (AvgIpc) is 3.42. The zero-order valence-electron chi connectivity index (χ0n) is 16.2. The second-order valence-electron chi connectivity index (χ2n) is 7.54. The number of oxazole rings is 1. The van der Waals surface area contributed by atoms with Crippen molar-refractivity contribution in [2.45, 2.75) is 25.3 Å². The lowest BCUT2D eigenvalue weighted by Gasteiger charge is -2.30. The van der Waals surface area contributed by atoms with E-state index in [0.717, 1.165) is 29.5 Å². The first-order chi connectivity index (χ1) is 14.7. The Morgan fingerprint density at radius 3 is 2.83 bits per heavy atom. The van der Waals surface area contributed by atoms with Gasteiger partial charge in [-0.15, -0.1) is 5.10 Å². The highest BCUT2D eigenvalue weighted by molar-refractivity contribution is 5.92. The summed E-state index contributed by atoms with van der Waals surface area (Å²) in [6.07, 6.45) is 3.43. The van der Waals surface area contributed by atoms with Crippen molar-refractivity contribution in [3.63, 3.8) is 0 Å². The summed E-state index contributed by atoms with van der Waals surface area (Å²) < 4.78 is 20.6. The Kier molecular flexibility index (Phi) is 4.74. The number of amides is 1. The number of aromatic nitrogens is 4. The molecule has 0 spiro atoms. The molecule has 7 nitrogen and oxygen atoms in total. The van der Waals surface area contributed by atoms with Crippen LogP contribution < -0.4 is 0 Å². The third-order valence-electron chi connectivity index (χ3n) is 5.38. The van der Waals surface area contributed by atoms with Crippen LogP contribution in [0, 0.1) is 5.82 Å². The van der Waals surface area contributed by atoms with Crippen molar-refractivity contribution >= 4 is 17.0 Å². The fraction of sp³-hybridized carbons (Fsp3) is 0.273. The number of halogens is 1. The molecule has 1 saturated heterocycles. The van der Waals surface area contributed by atoms with Gasteiger partial charge in [0, 0.05) is 13.1 Å². The van der Waals surface area contributed by atoms with Gasteiger partial charge in [-0.25, -0.2) is 14.1 Å². The third kappa shape index (κ3) is 3.68. The van der Waals surface area contributed by atoms with Crippen molar-refractivity contribution < 1.29 is 13.6 Å². The van der Waals surface area contributed by atoms with Gasteiger partial charge in [-0.3, -0.25) is 4.79 Å². The maximum Gasteiger partial charge on any atom is 0.276 e. The van der Waals surface area contributed by atoms with Gasteiger partial charge in [0.05, 0.1) is 18.7 Å². The van der Waals surface area contributed by atoms with Crippen LogP contribution in [0.3, 0.4) is 0 Å². The van der Waals surface area contributed by atoms with Gasteiger partial charge < -0.3 is 9.32 Å². The Hall–Kier alpha value is -3.55. The maximum atomic E-state index is 13.1. The van der Waals surface area contributed by atoms with Gasteiger partial charge in [0.25, 0.3) is 5.91 Å². The van der Waals surface area contributed by atoms with Gasteiger partial charge in [-0.1, -0.05) is 29.5 Å². The molecule has 1 atom stereocenters. The predicted octanol–water partition coefficient (Wildman–Crippen LogP) is 3.63. The number of hydrogen-bond acceptors (Lipinski definition) is 5. The number of para-hydroxylation sites is 2. The number of benzene rings is 2. The van der Waals surface area contributed by atoms with Crippen LogP contribution in [0.5, 0.6) is 0 Å². The molecule has 2 aromatic heterocycles. The molecule has 0 radical (unpaired) electrons. The Morgan fingerprint density at radius 1 is 1.17 bits per heavy atom. The molecule has 8 heteroatoms. The van der Waals surface area contributed by atoms with E-state index in [2.05, 4.69) is 15.3 Å². The lowest BCUT2D eigenvalue weighted by molar-refractivity contribution is 0.0693. The molecule has 1 unspecified atom stereocenters. The van der Waals surface area contributed by atoms with Gasteiger partial charge in [0.2, 0.25) is 0 Å². The highest BCUT2D eigenvalue weighted by atomic mass is 19.1. The molecular formula is C22H20FN5O2. The molecule has 3 heterocycles. The van der Waals surface area contributed by atoms with Crippen LogP contribution in [0.25, 0.3) is 11.1 Å². The van der Waals surface area contributed by atoms with Crippen LogP contribution in [-0.4, -0.2) is 43.9 Å². The van der Waals surface area contributed by atoms with Gasteiger partial charge in [-0.2, -0.15) is 0 Å². The zero-order chi connectivity index (χ0) is 20.5. The first-order valence-corrected chi connectivity index (χ1v) is 9.95. The summed E-state index contributed by atoms with van der Waals surface area (Å²) >= 11 is 0. The van der Waals surface area contributed by atoms with Crippen molar-refractivity contribution in [2.24, 2.45) is 0 Å². The second-order valence-corrected chi connectivity index (χ2v) is 7.54. The molecule has 1 amide bonds. The summed E-state index contributed by atoms with van der Waals surface area (Å²) in [6.45, 7) is 1.63. The van der Waals surface area contributed by atoms with Gasteiger partial charge in [0.15, 0.2) is 17.2 Å². The standard InChI is InChI=1S/C22H20FN5O2/c23-17-9-7-15(8-10-17)12-28-14-19(25-26-28)22(29)27-11-3-4-16(13-27)21-24-18-5-1-2-6-20(18)30-21/h1-2,5-10,14,16H,3-4,11-13H2. The number of piperidine rings is 1. The molecular weight excluding hydrogens is 385 g/mol. The molecule has 1 aliphatic heterocycles. The minimum absolute atomic E-state index is 0.0596. The monoisotopic (exact) mass is 405 g/mol. The smallest absolute Gasteiger partial charge is 0.276 e. The lowest BCUT2D eigenvalue weighted by Crippen LogP contribution is -2.39. The molecule has 1 fully saturated rings. The number of rotatable bonds is 4. The van der Waals surface area contributed by atoms with E-state index in [0.29, 0.717) is 31.2 Å². The van der Waals surface area contributed by atoms with Crippen LogP contribution in [0.15, 0.2) is 59.1 Å². The highest BCUT2D eigenvalue weighted by Crippen LogP contribution is 2.29. The van der Waals surface area contributed by atoms with Crippen molar-refractivity contribution in [1.29, 1.82) is 0 Å². The lowest BCUT2D eigenvalue weighted by atomic mass is 9.98. The largest absolute Gasteiger partial charge is 0.440 e. The maximum absolute atomic E-state index is 13.1. The Balaban J connectivity index is 1.28. The van der Waals surface area contributed by atoms with E-state index in [-0.39, 0.29) is 17.6 Å². The van der Waals surface area contributed by atoms with E-state index in [1.165, 1.54) is 12.1 Å². The zero-order valence-corrected chi connectivity index (χ0v) is 16.2. The van der Waals surface area contributed by atoms with E-state index in [1.54, 1.807) is 27.9 Å². The normalized spacial score (nSPS) is 16.8. The number of carbonyl (C=O) groups excluding carboxylic acids is 1. The molecule has 4 aromatic rings. The van der Waals surface area contributed by atoms with Crippen molar-refractivity contribution in [1.82, 2.24) is 24.9 Å². The first-order valence-electron chi connectivity index (χ1n) is 9.95. The van der Waals surface area contributed by atoms with E-state index in [4.69, 9.17) is 4.42 Å². The first kappa shape index (κ1) is 18.5. The van der Waals surface area contributed by atoms with Crippen LogP contribution >= 0.6 is 0 Å². The molecule has 5 rings (SSSR count). The van der Waals surface area contributed by atoms with Crippen LogP contribution in [0.4, 0.5) is 4.39 Å². The van der Waals surface area contributed by atoms with E-state index >= 15 is 0 Å². The predicted molar refractivity (Wildman–Crippen MR) is 107 cm³/mol. The molecule has 2 aromatic carbocycles. The molecule has 1 aliphatic rings. The average molecular weight is 405 g/mol. The summed E-state index contributed by atoms with van der Waals surface area (Å²) in [6, 6.07) is 13.9. The van der Waals surface area contributed by atoms with Crippen molar-refractivity contribution in [3.05, 3.63) is 77.7 Å². The van der Waals surface area contributed by atoms with Crippen LogP contribution in [-0.2, 0) is 6.54 Å². The van der Waals surface area contributed by atoms with E-state index in [1.807, 2.05) is 24.3 Å². The summed E-state index contributed by atoms with van der Waals surface area (Å²) in [5.41, 5.74) is 2.78. The van der Waals surface area contributed by atoms with E-state index in [9.17, 15) is 9.18 Å². The van der Waals surface area contributed by atoms with Crippen LogP contribution in [0.1, 0.15) is 40.7 Å². The van der Waals surface area contributed by atoms with Crippen LogP contribution in [0.2, 0.25) is 0 Å². The highest BCUT2D eigenvalue weighted by Gasteiger charge is 2.29. The summed E-state index contributed by atoms with van der Waals surface area (Å²) in [7, 11) is 0. The van der Waals surface area contributed by atoms with Gasteiger partial charge in [-0.05, 0) is 42.7 Å². The Labute approximate surface area is 172 Å². The number of carbonyl (C=O) groups is 1. The van der Waals surface area contributed by atoms with Crippen molar-refractivity contribution in [3.8, 4) is 0 Å². The van der Waals surface area contributed by atoms with Gasteiger partial charge in [0.1, 0.15) is 11.3 Å². The van der Waals surface area contributed by atoms with E-state index < -0.39 is 0 Å². The molecule has 0 N–H and O–H groups in total. The fourth-order valence-corrected chi connectivity index (χ4v) is 3.84. The summed E-state index contributed by atoms with van der Waals surface area (Å²) in [5.74, 6) is 0.297. The molecule has 30 heavy (non-hydrogen) atoms. The SMILES string of the molecule is O=C(c1cn(Cc2ccc(F)cc2)nn1)N1CCCC(c2nc3ccccc3o2)C1.